The van der Waals surface area contributed by atoms with Crippen LogP contribution < -0.4 is 16.4 Å². The summed E-state index contributed by atoms with van der Waals surface area (Å²) in [6, 6.07) is 21.0. The van der Waals surface area contributed by atoms with Crippen molar-refractivity contribution >= 4 is 23.9 Å². The van der Waals surface area contributed by atoms with Gasteiger partial charge >= 0.3 is 7.05 Å². The fourth-order valence-electron chi connectivity index (χ4n) is 3.66. The molecule has 6 heteroatoms. The second-order valence-electron chi connectivity index (χ2n) is 7.09. The van der Waals surface area contributed by atoms with Crippen molar-refractivity contribution in [1.82, 2.24) is 10.2 Å². The molecule has 0 unspecified atom stereocenters. The largest absolute Gasteiger partial charge is 0.416 e. The van der Waals surface area contributed by atoms with Crippen LogP contribution in [0.5, 0.6) is 0 Å². The molecule has 0 amide bonds. The summed E-state index contributed by atoms with van der Waals surface area (Å²) in [4.78, 5) is 5.50. The first-order valence-corrected chi connectivity index (χ1v) is 10.3. The molecule has 1 aromatic heterocycles. The number of nitrogens with two attached hydrogens (primary N) is 1. The van der Waals surface area contributed by atoms with Crippen LogP contribution in [0.1, 0.15) is 16.9 Å². The van der Waals surface area contributed by atoms with Gasteiger partial charge in [0.05, 0.1) is 11.6 Å². The molecule has 1 saturated heterocycles. The fraction of sp³-hybridized carbons (Fsp3) is 0.286. The van der Waals surface area contributed by atoms with Gasteiger partial charge in [-0.25, -0.2) is 0 Å². The molecule has 0 radical (unpaired) electrons. The van der Waals surface area contributed by atoms with E-state index in [1.807, 2.05) is 36.0 Å². The molecule has 4 rings (SSSR count). The molecule has 3 N–H and O–H groups in total. The summed E-state index contributed by atoms with van der Waals surface area (Å²) in [5, 5.41) is 3.66. The maximum Gasteiger partial charge on any atom is 0.416 e. The number of thiazole rings is 1. The molecule has 1 aliphatic rings. The smallest absolute Gasteiger partial charge is 0.413 e. The van der Waals surface area contributed by atoms with E-state index in [-0.39, 0.29) is 19.2 Å². The highest BCUT2D eigenvalue weighted by atomic mass is 32.1. The zero-order valence-electron chi connectivity index (χ0n) is 15.2. The molecule has 0 saturated carbocycles. The van der Waals surface area contributed by atoms with E-state index in [1.54, 1.807) is 11.3 Å². The van der Waals surface area contributed by atoms with Gasteiger partial charge in [0.15, 0.2) is 0 Å². The van der Waals surface area contributed by atoms with Crippen LogP contribution in [-0.4, -0.2) is 30.2 Å². The Kier molecular flexibility index (Phi) is 5.99. The number of benzene rings is 2. The Morgan fingerprint density at radius 1 is 1.15 bits per heavy atom. The second-order valence-corrected chi connectivity index (χ2v) is 8.06. The summed E-state index contributed by atoms with van der Waals surface area (Å²) in [6.45, 7) is 0. The molecule has 0 aliphatic carbocycles. The van der Waals surface area contributed by atoms with Gasteiger partial charge in [-0.1, -0.05) is 60.7 Å². The Morgan fingerprint density at radius 2 is 1.89 bits per heavy atom. The number of aromatic nitrogens is 1. The number of hydrogen-bond donors (Lipinski definition) is 2. The molecule has 3 atom stereocenters. The van der Waals surface area contributed by atoms with Gasteiger partial charge in [0.25, 0.3) is 0 Å². The highest BCUT2D eigenvalue weighted by Crippen LogP contribution is 2.20. The first kappa shape index (κ1) is 18.4. The van der Waals surface area contributed by atoms with Gasteiger partial charge in [-0.05, 0) is 30.3 Å². The number of hydrogen-bond acceptors (Lipinski definition) is 5. The SMILES string of the molecule is N[C@@H](Cc1ccccc1)[C@@H]1C[C@@H](Cc2cncs2)NB(c2ccccc2)O1. The first-order chi connectivity index (χ1) is 13.3. The van der Waals surface area contributed by atoms with Crippen LogP contribution in [0.3, 0.4) is 0 Å². The van der Waals surface area contributed by atoms with E-state index in [1.165, 1.54) is 10.4 Å². The van der Waals surface area contributed by atoms with Crippen LogP contribution in [0, 0.1) is 0 Å². The molecule has 27 heavy (non-hydrogen) atoms. The predicted molar refractivity (Wildman–Crippen MR) is 112 cm³/mol. The number of nitrogens with one attached hydrogen (secondary N) is 1. The Labute approximate surface area is 164 Å². The lowest BCUT2D eigenvalue weighted by Gasteiger charge is -2.38. The van der Waals surface area contributed by atoms with Crippen LogP contribution in [0.15, 0.2) is 72.4 Å². The van der Waals surface area contributed by atoms with Gasteiger partial charge in [0.2, 0.25) is 0 Å². The van der Waals surface area contributed by atoms with Crippen molar-refractivity contribution < 1.29 is 4.65 Å². The third-order valence-electron chi connectivity index (χ3n) is 5.04. The predicted octanol–water partition coefficient (Wildman–Crippen LogP) is 2.40. The highest BCUT2D eigenvalue weighted by Gasteiger charge is 2.36. The average molecular weight is 377 g/mol. The molecule has 4 nitrogen and oxygen atoms in total. The van der Waals surface area contributed by atoms with Crippen LogP contribution in [0.25, 0.3) is 0 Å². The van der Waals surface area contributed by atoms with Gasteiger partial charge in [-0.15, -0.1) is 11.3 Å². The molecule has 1 fully saturated rings. The third kappa shape index (κ3) is 4.84. The molecule has 1 aliphatic heterocycles. The van der Waals surface area contributed by atoms with E-state index in [0.29, 0.717) is 6.04 Å². The quantitative estimate of drug-likeness (QED) is 0.648. The summed E-state index contributed by atoms with van der Waals surface area (Å²) in [7, 11) is -0.135. The van der Waals surface area contributed by atoms with E-state index in [0.717, 1.165) is 24.7 Å². The lowest BCUT2D eigenvalue weighted by atomic mass is 9.69. The molecule has 0 spiro atoms. The highest BCUT2D eigenvalue weighted by molar-refractivity contribution is 7.09. The van der Waals surface area contributed by atoms with Gasteiger partial charge in [0, 0.05) is 23.2 Å². The van der Waals surface area contributed by atoms with E-state index in [9.17, 15) is 0 Å². The van der Waals surface area contributed by atoms with Crippen molar-refractivity contribution in [2.75, 3.05) is 0 Å². The minimum atomic E-state index is -0.135. The van der Waals surface area contributed by atoms with Gasteiger partial charge in [0.1, 0.15) is 0 Å². The summed E-state index contributed by atoms with van der Waals surface area (Å²) >= 11 is 1.70. The molecule has 3 aromatic rings. The van der Waals surface area contributed by atoms with Crippen molar-refractivity contribution in [2.24, 2.45) is 5.73 Å². The Hall–Kier alpha value is -1.99. The van der Waals surface area contributed by atoms with Crippen molar-refractivity contribution in [3.8, 4) is 0 Å². The molecular formula is C21H24BN3OS. The van der Waals surface area contributed by atoms with Crippen molar-refractivity contribution in [3.63, 3.8) is 0 Å². The Morgan fingerprint density at radius 3 is 2.59 bits per heavy atom. The Bertz CT molecular complexity index is 816. The summed E-state index contributed by atoms with van der Waals surface area (Å²) in [6.07, 6.45) is 4.63. The number of rotatable bonds is 6. The Balaban J connectivity index is 1.50. The van der Waals surface area contributed by atoms with Crippen LogP contribution >= 0.6 is 11.3 Å². The number of nitrogens with zero attached hydrogens (tertiary/aromatic N) is 1. The molecule has 0 bridgehead atoms. The van der Waals surface area contributed by atoms with Gasteiger partial charge in [-0.3, -0.25) is 4.98 Å². The minimum Gasteiger partial charge on any atom is -0.413 e. The molecule has 2 aromatic carbocycles. The van der Waals surface area contributed by atoms with E-state index in [4.69, 9.17) is 10.4 Å². The summed E-state index contributed by atoms with van der Waals surface area (Å²) in [5.41, 5.74) is 10.9. The first-order valence-electron chi connectivity index (χ1n) is 9.41. The zero-order chi connectivity index (χ0) is 18.5. The van der Waals surface area contributed by atoms with Crippen LogP contribution in [0.4, 0.5) is 0 Å². The lowest BCUT2D eigenvalue weighted by Crippen LogP contribution is -2.62. The summed E-state index contributed by atoms with van der Waals surface area (Å²) in [5.74, 6) is 0. The van der Waals surface area contributed by atoms with E-state index >= 15 is 0 Å². The third-order valence-corrected chi connectivity index (χ3v) is 5.84. The maximum atomic E-state index is 6.59. The summed E-state index contributed by atoms with van der Waals surface area (Å²) < 4.78 is 6.41. The van der Waals surface area contributed by atoms with Crippen molar-refractivity contribution in [2.45, 2.75) is 37.5 Å². The molecule has 138 valence electrons. The average Bonchev–Trinajstić information content (AvgIpc) is 3.22. The normalized spacial score (nSPS) is 21.1. The van der Waals surface area contributed by atoms with E-state index < -0.39 is 0 Å². The minimum absolute atomic E-state index is 0.00887. The topological polar surface area (TPSA) is 60.2 Å². The molecule has 2 heterocycles. The van der Waals surface area contributed by atoms with Crippen LogP contribution in [-0.2, 0) is 17.5 Å². The lowest BCUT2D eigenvalue weighted by molar-refractivity contribution is 0.122. The fourth-order valence-corrected chi connectivity index (χ4v) is 4.33. The van der Waals surface area contributed by atoms with Crippen molar-refractivity contribution in [1.29, 1.82) is 0 Å². The molecular weight excluding hydrogens is 353 g/mol. The zero-order valence-corrected chi connectivity index (χ0v) is 16.0. The van der Waals surface area contributed by atoms with E-state index in [2.05, 4.69) is 46.6 Å². The second kappa shape index (κ2) is 8.80. The standard InChI is InChI=1S/C21H24BN3OS/c23-20(11-16-7-3-1-4-8-16)21-13-18(12-19-14-24-15-27-19)25-22(26-21)17-9-5-2-6-10-17/h1-10,14-15,18,20-21,25H,11-13,23H2/t18-,20+,21+/m1/s1. The monoisotopic (exact) mass is 377 g/mol. The maximum absolute atomic E-state index is 6.59. The van der Waals surface area contributed by atoms with Gasteiger partial charge < -0.3 is 15.6 Å². The van der Waals surface area contributed by atoms with Crippen molar-refractivity contribution in [3.05, 3.63) is 82.8 Å². The van der Waals surface area contributed by atoms with Crippen LogP contribution in [0.2, 0.25) is 0 Å². The van der Waals surface area contributed by atoms with Gasteiger partial charge in [-0.2, -0.15) is 0 Å².